The summed E-state index contributed by atoms with van der Waals surface area (Å²) in [4.78, 5) is 21.7. The molecule has 0 aromatic carbocycles. The first kappa shape index (κ1) is 20.7. The molecule has 130 valence electrons. The number of carbonyl (C=O) groups is 2. The Balaban J connectivity index is 0.000000472. The molecular weight excluding hydrogens is 286 g/mol. The molecule has 0 spiro atoms. The van der Waals surface area contributed by atoms with Crippen LogP contribution in [0.2, 0.25) is 0 Å². The van der Waals surface area contributed by atoms with Crippen LogP contribution in [0.15, 0.2) is 0 Å². The Hall–Kier alpha value is -1.30. The van der Waals surface area contributed by atoms with Gasteiger partial charge in [-0.15, -0.1) is 0 Å². The molecule has 0 aromatic heterocycles. The highest BCUT2D eigenvalue weighted by atomic mass is 16.6. The average Bonchev–Trinajstić information content (AvgIpc) is 3.03. The number of aliphatic hydroxyl groups excluding tert-OH is 1. The largest absolute Gasteiger partial charge is 0.468 e. The molecular formula is C16H31NO5. The lowest BCUT2D eigenvalue weighted by molar-refractivity contribution is -0.139. The van der Waals surface area contributed by atoms with Crippen LogP contribution in [0, 0.1) is 0 Å². The zero-order valence-corrected chi connectivity index (χ0v) is 13.9. The number of ether oxygens (including phenoxy) is 2. The second-order valence-electron chi connectivity index (χ2n) is 5.38. The molecule has 0 saturated heterocycles. The fourth-order valence-electron chi connectivity index (χ4n) is 2.13. The van der Waals surface area contributed by atoms with Crippen molar-refractivity contribution in [1.82, 2.24) is 5.32 Å². The fourth-order valence-corrected chi connectivity index (χ4v) is 2.13. The SMILES string of the molecule is CCCCCCCO.COC(=O)CNC(=O)OC1CCCC1. The highest BCUT2D eigenvalue weighted by Crippen LogP contribution is 2.20. The highest BCUT2D eigenvalue weighted by Gasteiger charge is 2.19. The van der Waals surface area contributed by atoms with E-state index in [1.165, 1.54) is 32.8 Å². The first-order valence-corrected chi connectivity index (χ1v) is 8.26. The van der Waals surface area contributed by atoms with Crippen molar-refractivity contribution in [1.29, 1.82) is 0 Å². The second kappa shape index (κ2) is 14.6. The average molecular weight is 317 g/mol. The number of methoxy groups -OCH3 is 1. The van der Waals surface area contributed by atoms with Gasteiger partial charge in [0, 0.05) is 6.61 Å². The van der Waals surface area contributed by atoms with Gasteiger partial charge in [0.2, 0.25) is 0 Å². The minimum Gasteiger partial charge on any atom is -0.468 e. The number of aliphatic hydroxyl groups is 1. The molecule has 2 N–H and O–H groups in total. The van der Waals surface area contributed by atoms with Gasteiger partial charge in [0.25, 0.3) is 0 Å². The summed E-state index contributed by atoms with van der Waals surface area (Å²) in [5, 5.41) is 10.7. The molecule has 1 rings (SSSR count). The first-order valence-electron chi connectivity index (χ1n) is 8.26. The molecule has 0 aliphatic heterocycles. The number of esters is 1. The van der Waals surface area contributed by atoms with Crippen molar-refractivity contribution in [2.24, 2.45) is 0 Å². The van der Waals surface area contributed by atoms with Crippen molar-refractivity contribution in [3.05, 3.63) is 0 Å². The first-order chi connectivity index (χ1) is 10.6. The maximum Gasteiger partial charge on any atom is 0.407 e. The molecule has 0 bridgehead atoms. The summed E-state index contributed by atoms with van der Waals surface area (Å²) in [7, 11) is 1.27. The Kier molecular flexibility index (Phi) is 13.8. The van der Waals surface area contributed by atoms with Gasteiger partial charge in [-0.3, -0.25) is 4.79 Å². The maximum absolute atomic E-state index is 11.1. The molecule has 6 nitrogen and oxygen atoms in total. The number of hydrogen-bond acceptors (Lipinski definition) is 5. The van der Waals surface area contributed by atoms with E-state index in [1.54, 1.807) is 0 Å². The number of unbranched alkanes of at least 4 members (excludes halogenated alkanes) is 4. The van der Waals surface area contributed by atoms with E-state index >= 15 is 0 Å². The molecule has 1 aliphatic rings. The molecule has 1 aliphatic carbocycles. The Morgan fingerprint density at radius 1 is 1.14 bits per heavy atom. The van der Waals surface area contributed by atoms with Crippen molar-refractivity contribution >= 4 is 12.1 Å². The fraction of sp³-hybridized carbons (Fsp3) is 0.875. The molecule has 1 fully saturated rings. The zero-order chi connectivity index (χ0) is 16.6. The third kappa shape index (κ3) is 12.4. The van der Waals surface area contributed by atoms with Gasteiger partial charge in [-0.1, -0.05) is 32.6 Å². The van der Waals surface area contributed by atoms with Crippen LogP contribution in [0.5, 0.6) is 0 Å². The molecule has 1 saturated carbocycles. The van der Waals surface area contributed by atoms with Crippen LogP contribution in [0.25, 0.3) is 0 Å². The standard InChI is InChI=1S/C9H15NO4.C7H16O/c1-13-8(11)6-10-9(12)14-7-4-2-3-5-7;1-2-3-4-5-6-7-8/h7H,2-6H2,1H3,(H,10,12);8H,2-7H2,1H3. The van der Waals surface area contributed by atoms with Crippen LogP contribution in [0.1, 0.15) is 64.7 Å². The van der Waals surface area contributed by atoms with Crippen molar-refractivity contribution < 1.29 is 24.2 Å². The van der Waals surface area contributed by atoms with Crippen molar-refractivity contribution in [3.63, 3.8) is 0 Å². The number of nitrogens with one attached hydrogen (secondary N) is 1. The number of amides is 1. The summed E-state index contributed by atoms with van der Waals surface area (Å²) in [6.07, 6.45) is 9.61. The van der Waals surface area contributed by atoms with Crippen molar-refractivity contribution in [3.8, 4) is 0 Å². The Morgan fingerprint density at radius 3 is 2.32 bits per heavy atom. The topological polar surface area (TPSA) is 84.9 Å². The lowest BCUT2D eigenvalue weighted by Gasteiger charge is -2.11. The number of rotatable bonds is 8. The van der Waals surface area contributed by atoms with Crippen LogP contribution in [0.4, 0.5) is 4.79 Å². The van der Waals surface area contributed by atoms with E-state index in [9.17, 15) is 9.59 Å². The van der Waals surface area contributed by atoms with E-state index in [0.717, 1.165) is 32.1 Å². The molecule has 0 atom stereocenters. The quantitative estimate of drug-likeness (QED) is 0.531. The summed E-state index contributed by atoms with van der Waals surface area (Å²) < 4.78 is 9.41. The third-order valence-corrected chi connectivity index (χ3v) is 3.44. The van der Waals surface area contributed by atoms with E-state index in [2.05, 4.69) is 17.0 Å². The maximum atomic E-state index is 11.1. The molecule has 0 heterocycles. The van der Waals surface area contributed by atoms with Gasteiger partial charge in [-0.2, -0.15) is 0 Å². The molecule has 1 amide bonds. The second-order valence-corrected chi connectivity index (χ2v) is 5.38. The van der Waals surface area contributed by atoms with Crippen molar-refractivity contribution in [2.45, 2.75) is 70.8 Å². The van der Waals surface area contributed by atoms with E-state index in [0.29, 0.717) is 6.61 Å². The van der Waals surface area contributed by atoms with Gasteiger partial charge in [0.05, 0.1) is 7.11 Å². The van der Waals surface area contributed by atoms with Gasteiger partial charge in [0.1, 0.15) is 12.6 Å². The van der Waals surface area contributed by atoms with Crippen LogP contribution in [0.3, 0.4) is 0 Å². The predicted octanol–water partition coefficient (Wildman–Crippen LogP) is 2.78. The third-order valence-electron chi connectivity index (χ3n) is 3.44. The van der Waals surface area contributed by atoms with Crippen LogP contribution < -0.4 is 5.32 Å². The highest BCUT2D eigenvalue weighted by molar-refractivity contribution is 5.77. The Morgan fingerprint density at radius 2 is 1.77 bits per heavy atom. The van der Waals surface area contributed by atoms with Gasteiger partial charge < -0.3 is 19.9 Å². The summed E-state index contributed by atoms with van der Waals surface area (Å²) >= 11 is 0. The van der Waals surface area contributed by atoms with E-state index in [4.69, 9.17) is 9.84 Å². The van der Waals surface area contributed by atoms with Gasteiger partial charge in [-0.05, 0) is 32.1 Å². The summed E-state index contributed by atoms with van der Waals surface area (Å²) in [6.45, 7) is 2.42. The number of carbonyl (C=O) groups excluding carboxylic acids is 2. The summed E-state index contributed by atoms with van der Waals surface area (Å²) in [5.74, 6) is -0.478. The monoisotopic (exact) mass is 317 g/mol. The van der Waals surface area contributed by atoms with Crippen LogP contribution in [-0.2, 0) is 14.3 Å². The lowest BCUT2D eigenvalue weighted by atomic mass is 10.2. The number of hydrogen-bond donors (Lipinski definition) is 2. The molecule has 0 radical (unpaired) electrons. The predicted molar refractivity (Wildman–Crippen MR) is 84.6 cm³/mol. The smallest absolute Gasteiger partial charge is 0.407 e. The number of alkyl carbamates (subject to hydrolysis) is 1. The minimum atomic E-state index is -0.540. The van der Waals surface area contributed by atoms with Gasteiger partial charge in [0.15, 0.2) is 0 Å². The van der Waals surface area contributed by atoms with Gasteiger partial charge in [-0.25, -0.2) is 4.79 Å². The normalized spacial score (nSPS) is 14.0. The Labute approximate surface area is 133 Å². The minimum absolute atomic E-state index is 0.0210. The molecule has 22 heavy (non-hydrogen) atoms. The molecule has 6 heteroatoms. The van der Waals surface area contributed by atoms with Crippen molar-refractivity contribution in [2.75, 3.05) is 20.3 Å². The van der Waals surface area contributed by atoms with Crippen LogP contribution >= 0.6 is 0 Å². The van der Waals surface area contributed by atoms with Crippen LogP contribution in [-0.4, -0.2) is 43.5 Å². The lowest BCUT2D eigenvalue weighted by Crippen LogP contribution is -2.32. The van der Waals surface area contributed by atoms with E-state index in [-0.39, 0.29) is 12.6 Å². The zero-order valence-electron chi connectivity index (χ0n) is 13.9. The summed E-state index contributed by atoms with van der Waals surface area (Å²) in [6, 6.07) is 0. The van der Waals surface area contributed by atoms with E-state index in [1.807, 2.05) is 0 Å². The summed E-state index contributed by atoms with van der Waals surface area (Å²) in [5.41, 5.74) is 0. The van der Waals surface area contributed by atoms with Gasteiger partial charge >= 0.3 is 12.1 Å². The molecule has 0 aromatic rings. The Bertz CT molecular complexity index is 284. The molecule has 0 unspecified atom stereocenters. The van der Waals surface area contributed by atoms with E-state index < -0.39 is 12.1 Å².